The van der Waals surface area contributed by atoms with E-state index in [1.807, 2.05) is 58.7 Å². The summed E-state index contributed by atoms with van der Waals surface area (Å²) in [7, 11) is 0. The van der Waals surface area contributed by atoms with Crippen LogP contribution in [0, 0.1) is 5.92 Å². The average Bonchev–Trinajstić information content (AvgIpc) is 3.31. The number of hydrogen-bond acceptors (Lipinski definition) is 4. The second kappa shape index (κ2) is 9.43. The minimum absolute atomic E-state index is 0.0270. The van der Waals surface area contributed by atoms with E-state index in [2.05, 4.69) is 21.7 Å². The predicted octanol–water partition coefficient (Wildman–Crippen LogP) is 3.93. The van der Waals surface area contributed by atoms with Crippen molar-refractivity contribution in [2.24, 2.45) is 5.92 Å². The number of carbonyl (C=O) groups is 2. The molecule has 0 radical (unpaired) electrons. The number of likely N-dealkylation sites (tertiary alicyclic amines) is 1. The van der Waals surface area contributed by atoms with Gasteiger partial charge in [0.05, 0.1) is 5.92 Å². The molecule has 2 aliphatic rings. The molecule has 2 aromatic carbocycles. The van der Waals surface area contributed by atoms with Gasteiger partial charge in [0.15, 0.2) is 0 Å². The fourth-order valence-corrected chi connectivity index (χ4v) is 5.83. The fourth-order valence-electron chi connectivity index (χ4n) is 4.94. The molecule has 1 aromatic heterocycles. The van der Waals surface area contributed by atoms with Crippen LogP contribution < -0.4 is 5.32 Å². The monoisotopic (exact) mass is 447 g/mol. The Morgan fingerprint density at radius 1 is 1.06 bits per heavy atom. The molecule has 1 atom stereocenters. The Labute approximate surface area is 193 Å². The number of rotatable bonds is 5. The Bertz CT molecular complexity index is 1120. The lowest BCUT2D eigenvalue weighted by molar-refractivity contribution is -0.126. The highest BCUT2D eigenvalue weighted by Gasteiger charge is 2.29. The lowest BCUT2D eigenvalue weighted by atomic mass is 9.95. The zero-order chi connectivity index (χ0) is 21.9. The summed E-state index contributed by atoms with van der Waals surface area (Å²) in [5.74, 6) is -0.0275. The van der Waals surface area contributed by atoms with E-state index < -0.39 is 0 Å². The summed E-state index contributed by atoms with van der Waals surface area (Å²) in [4.78, 5) is 31.9. The smallest absolute Gasteiger partial charge is 0.254 e. The molecule has 166 valence electrons. The van der Waals surface area contributed by atoms with Crippen LogP contribution in [0.3, 0.4) is 0 Å². The molecule has 1 unspecified atom stereocenters. The highest BCUT2D eigenvalue weighted by atomic mass is 32.1. The van der Waals surface area contributed by atoms with Gasteiger partial charge in [0.1, 0.15) is 0 Å². The van der Waals surface area contributed by atoms with Crippen LogP contribution in [0.15, 0.2) is 53.9 Å². The molecule has 2 aliphatic heterocycles. The molecule has 3 heterocycles. The first-order chi connectivity index (χ1) is 15.7. The molecular weight excluding hydrogens is 418 g/mol. The van der Waals surface area contributed by atoms with E-state index in [1.54, 1.807) is 0 Å². The average molecular weight is 448 g/mol. The zero-order valence-corrected chi connectivity index (χ0v) is 19.1. The summed E-state index contributed by atoms with van der Waals surface area (Å²) in [5, 5.41) is 7.34. The van der Waals surface area contributed by atoms with Crippen molar-refractivity contribution in [3.63, 3.8) is 0 Å². The highest BCUT2D eigenvalue weighted by molar-refractivity contribution is 7.10. The fraction of sp³-hybridized carbons (Fsp3) is 0.385. The van der Waals surface area contributed by atoms with Gasteiger partial charge < -0.3 is 10.2 Å². The maximum atomic E-state index is 13.3. The van der Waals surface area contributed by atoms with Crippen LogP contribution in [0.1, 0.15) is 33.6 Å². The minimum atomic E-state index is -0.132. The van der Waals surface area contributed by atoms with Crippen molar-refractivity contribution in [2.75, 3.05) is 32.7 Å². The maximum Gasteiger partial charge on any atom is 0.254 e. The Kier molecular flexibility index (Phi) is 6.23. The first kappa shape index (κ1) is 21.2. The van der Waals surface area contributed by atoms with Gasteiger partial charge in [-0.15, -0.1) is 11.3 Å². The van der Waals surface area contributed by atoms with E-state index in [-0.39, 0.29) is 17.7 Å². The summed E-state index contributed by atoms with van der Waals surface area (Å²) in [5.41, 5.74) is 2.16. The molecule has 3 aromatic rings. The van der Waals surface area contributed by atoms with Gasteiger partial charge in [0.25, 0.3) is 5.91 Å². The summed E-state index contributed by atoms with van der Waals surface area (Å²) < 4.78 is 0. The quantitative estimate of drug-likeness (QED) is 0.645. The van der Waals surface area contributed by atoms with Crippen LogP contribution in [0.2, 0.25) is 0 Å². The second-order valence-electron chi connectivity index (χ2n) is 8.80. The molecule has 6 heteroatoms. The third-order valence-corrected chi connectivity index (χ3v) is 7.74. The molecule has 1 fully saturated rings. The van der Waals surface area contributed by atoms with Crippen molar-refractivity contribution in [3.8, 4) is 0 Å². The number of nitrogens with zero attached hydrogens (tertiary/aromatic N) is 2. The number of benzene rings is 2. The number of nitrogens with one attached hydrogen (secondary N) is 1. The normalized spacial score (nSPS) is 19.0. The van der Waals surface area contributed by atoms with Gasteiger partial charge in [-0.05, 0) is 53.1 Å². The number of carbonyl (C=O) groups excluding carboxylic acids is 2. The summed E-state index contributed by atoms with van der Waals surface area (Å²) in [6, 6.07) is 16.0. The third-order valence-electron chi connectivity index (χ3n) is 6.71. The second-order valence-corrected chi connectivity index (χ2v) is 9.80. The minimum Gasteiger partial charge on any atom is -0.355 e. The van der Waals surface area contributed by atoms with Gasteiger partial charge in [-0.2, -0.15) is 0 Å². The van der Waals surface area contributed by atoms with E-state index in [9.17, 15) is 9.59 Å². The van der Waals surface area contributed by atoms with Gasteiger partial charge in [0.2, 0.25) is 5.91 Å². The Morgan fingerprint density at radius 3 is 2.88 bits per heavy atom. The van der Waals surface area contributed by atoms with Crippen molar-refractivity contribution in [1.82, 2.24) is 15.1 Å². The molecule has 0 saturated carbocycles. The standard InChI is InChI=1S/C26H29N3O2S/c30-25(27-12-15-28-14-10-24-20(17-28)11-16-32-24)21-7-4-13-29(18-21)26(31)23-9-3-6-19-5-1-2-8-22(19)23/h1-3,5-6,8-9,11,16,21H,4,7,10,12-15,17-18H2,(H,27,30). The Hall–Kier alpha value is -2.70. The van der Waals surface area contributed by atoms with Crippen molar-refractivity contribution in [2.45, 2.75) is 25.8 Å². The Morgan fingerprint density at radius 2 is 1.94 bits per heavy atom. The molecule has 0 spiro atoms. The van der Waals surface area contributed by atoms with Gasteiger partial charge in [-0.25, -0.2) is 0 Å². The van der Waals surface area contributed by atoms with Crippen molar-refractivity contribution >= 4 is 33.9 Å². The van der Waals surface area contributed by atoms with Gasteiger partial charge in [-0.3, -0.25) is 14.5 Å². The SMILES string of the molecule is O=C(NCCN1CCc2sccc2C1)C1CCCN(C(=O)c2cccc3ccccc23)C1. The molecule has 1 N–H and O–H groups in total. The zero-order valence-electron chi connectivity index (χ0n) is 18.3. The molecule has 0 bridgehead atoms. The predicted molar refractivity (Wildman–Crippen MR) is 129 cm³/mol. The van der Waals surface area contributed by atoms with Gasteiger partial charge >= 0.3 is 0 Å². The van der Waals surface area contributed by atoms with Crippen molar-refractivity contribution < 1.29 is 9.59 Å². The molecule has 2 amide bonds. The number of amides is 2. The van der Waals surface area contributed by atoms with E-state index in [1.165, 1.54) is 10.4 Å². The number of piperidine rings is 1. The largest absolute Gasteiger partial charge is 0.355 e. The van der Waals surface area contributed by atoms with Crippen molar-refractivity contribution in [1.29, 1.82) is 0 Å². The van der Waals surface area contributed by atoms with Crippen LogP contribution in [0.25, 0.3) is 10.8 Å². The van der Waals surface area contributed by atoms with Crippen LogP contribution >= 0.6 is 11.3 Å². The van der Waals surface area contributed by atoms with Crippen LogP contribution in [-0.2, 0) is 17.8 Å². The van der Waals surface area contributed by atoms with E-state index in [0.717, 1.165) is 55.2 Å². The van der Waals surface area contributed by atoms with Crippen LogP contribution in [-0.4, -0.2) is 54.3 Å². The molecule has 0 aliphatic carbocycles. The number of fused-ring (bicyclic) bond motifs is 2. The van der Waals surface area contributed by atoms with Crippen LogP contribution in [0.4, 0.5) is 0 Å². The van der Waals surface area contributed by atoms with E-state index in [4.69, 9.17) is 0 Å². The lowest BCUT2D eigenvalue weighted by Gasteiger charge is -2.32. The van der Waals surface area contributed by atoms with E-state index in [0.29, 0.717) is 19.6 Å². The van der Waals surface area contributed by atoms with Crippen LogP contribution in [0.5, 0.6) is 0 Å². The Balaban J connectivity index is 1.16. The topological polar surface area (TPSA) is 52.7 Å². The van der Waals surface area contributed by atoms with Gasteiger partial charge in [0, 0.05) is 49.7 Å². The number of thiophene rings is 1. The molecule has 5 nitrogen and oxygen atoms in total. The summed E-state index contributed by atoms with van der Waals surface area (Å²) in [6.45, 7) is 4.77. The first-order valence-corrected chi connectivity index (χ1v) is 12.4. The van der Waals surface area contributed by atoms with Crippen molar-refractivity contribution in [3.05, 3.63) is 69.9 Å². The van der Waals surface area contributed by atoms with E-state index >= 15 is 0 Å². The summed E-state index contributed by atoms with van der Waals surface area (Å²) in [6.07, 6.45) is 2.81. The highest BCUT2D eigenvalue weighted by Crippen LogP contribution is 2.25. The maximum absolute atomic E-state index is 13.3. The summed E-state index contributed by atoms with van der Waals surface area (Å²) >= 11 is 1.85. The molecule has 1 saturated heterocycles. The first-order valence-electron chi connectivity index (χ1n) is 11.5. The molecule has 5 rings (SSSR count). The van der Waals surface area contributed by atoms with Gasteiger partial charge in [-0.1, -0.05) is 36.4 Å². The molecular formula is C26H29N3O2S. The number of hydrogen-bond donors (Lipinski definition) is 1. The lowest BCUT2D eigenvalue weighted by Crippen LogP contribution is -2.46. The third kappa shape index (κ3) is 4.43. The molecule has 32 heavy (non-hydrogen) atoms.